The lowest BCUT2D eigenvalue weighted by Gasteiger charge is -2.35. The first-order chi connectivity index (χ1) is 24.1. The van der Waals surface area contributed by atoms with E-state index in [2.05, 4.69) is 0 Å². The van der Waals surface area contributed by atoms with Crippen molar-refractivity contribution < 1.29 is 13.2 Å². The Kier molecular flexibility index (Phi) is 8.66. The third-order valence-electron chi connectivity index (χ3n) is 9.15. The molecule has 1 saturated heterocycles. The number of carbonyl (C=O) groups excluding carboxylic acids is 1. The molecular formula is C37H34ClN7O4S. The quantitative estimate of drug-likeness (QED) is 0.214. The van der Waals surface area contributed by atoms with E-state index in [-0.39, 0.29) is 27.1 Å². The van der Waals surface area contributed by atoms with Crippen molar-refractivity contribution in [3.63, 3.8) is 0 Å². The van der Waals surface area contributed by atoms with Gasteiger partial charge in [-0.1, -0.05) is 78.3 Å². The standard InChI is InChI=1S/C37H34ClN7O4S/c1-25-34(36(47)45(41(25)2)27-14-8-5-9-15-27)42(3)50(48,49)28-18-19-31(38)30(24-28)35(46)43-20-22-44(23-21-43)37-39-32-17-11-10-16-29(32)33(40-37)26-12-6-4-7-13-26/h4-19,24H,20-23H2,1-3H3. The van der Waals surface area contributed by atoms with Crippen molar-refractivity contribution in [3.8, 4) is 16.9 Å². The first-order valence-electron chi connectivity index (χ1n) is 16.0. The van der Waals surface area contributed by atoms with E-state index < -0.39 is 15.6 Å². The van der Waals surface area contributed by atoms with Gasteiger partial charge in [-0.3, -0.25) is 18.6 Å². The fourth-order valence-electron chi connectivity index (χ4n) is 6.33. The molecule has 0 unspecified atom stereocenters. The lowest BCUT2D eigenvalue weighted by molar-refractivity contribution is 0.0746. The minimum absolute atomic E-state index is 0.00151. The smallest absolute Gasteiger partial charge is 0.296 e. The fraction of sp³-hybridized carbons (Fsp3) is 0.189. The van der Waals surface area contributed by atoms with Gasteiger partial charge < -0.3 is 9.80 Å². The zero-order valence-electron chi connectivity index (χ0n) is 27.7. The van der Waals surface area contributed by atoms with Gasteiger partial charge in [-0.25, -0.2) is 23.1 Å². The lowest BCUT2D eigenvalue weighted by atomic mass is 10.1. The molecule has 0 bridgehead atoms. The lowest BCUT2D eigenvalue weighted by Crippen LogP contribution is -2.49. The van der Waals surface area contributed by atoms with Crippen LogP contribution in [0.15, 0.2) is 113 Å². The molecule has 0 saturated carbocycles. The topological polar surface area (TPSA) is 114 Å². The third-order valence-corrected chi connectivity index (χ3v) is 11.2. The number of hydrogen-bond donors (Lipinski definition) is 0. The number of para-hydroxylation sites is 2. The van der Waals surface area contributed by atoms with Gasteiger partial charge in [-0.15, -0.1) is 0 Å². The van der Waals surface area contributed by atoms with E-state index in [1.54, 1.807) is 47.8 Å². The van der Waals surface area contributed by atoms with Crippen molar-refractivity contribution >= 4 is 50.1 Å². The van der Waals surface area contributed by atoms with Crippen molar-refractivity contribution in [3.05, 3.63) is 130 Å². The molecule has 6 aromatic rings. The second kappa shape index (κ2) is 13.1. The molecule has 7 rings (SSSR count). The predicted molar refractivity (Wildman–Crippen MR) is 196 cm³/mol. The summed E-state index contributed by atoms with van der Waals surface area (Å²) >= 11 is 6.51. The molecule has 1 fully saturated rings. The molecule has 11 nitrogen and oxygen atoms in total. The number of sulfonamides is 1. The Bertz CT molecular complexity index is 2410. The van der Waals surface area contributed by atoms with Gasteiger partial charge in [0.05, 0.1) is 38.1 Å². The summed E-state index contributed by atoms with van der Waals surface area (Å²) in [7, 11) is -1.23. The largest absolute Gasteiger partial charge is 0.337 e. The summed E-state index contributed by atoms with van der Waals surface area (Å²) in [5.74, 6) is 0.187. The van der Waals surface area contributed by atoms with Crippen LogP contribution in [-0.2, 0) is 17.1 Å². The highest BCUT2D eigenvalue weighted by Gasteiger charge is 2.31. The number of halogens is 1. The maximum atomic E-state index is 14.0. The number of benzene rings is 4. The molecule has 0 radical (unpaired) electrons. The van der Waals surface area contributed by atoms with Gasteiger partial charge in [-0.2, -0.15) is 0 Å². The molecule has 4 aromatic carbocycles. The van der Waals surface area contributed by atoms with Crippen molar-refractivity contribution in [1.82, 2.24) is 24.2 Å². The van der Waals surface area contributed by atoms with Crippen LogP contribution in [0.1, 0.15) is 16.1 Å². The van der Waals surface area contributed by atoms with Gasteiger partial charge in [-0.05, 0) is 43.3 Å². The van der Waals surface area contributed by atoms with Crippen LogP contribution in [0.4, 0.5) is 11.6 Å². The average molecular weight is 708 g/mol. The number of anilines is 2. The predicted octanol–water partition coefficient (Wildman–Crippen LogP) is 5.54. The summed E-state index contributed by atoms with van der Waals surface area (Å²) in [5.41, 5.74) is 3.29. The first-order valence-corrected chi connectivity index (χ1v) is 17.9. The van der Waals surface area contributed by atoms with Crippen LogP contribution < -0.4 is 14.8 Å². The highest BCUT2D eigenvalue weighted by molar-refractivity contribution is 7.92. The number of rotatable bonds is 7. The number of fused-ring (bicyclic) bond motifs is 1. The molecule has 1 aliphatic heterocycles. The molecule has 0 atom stereocenters. The SMILES string of the molecule is Cc1c(N(C)S(=O)(=O)c2ccc(Cl)c(C(=O)N3CCN(c4nc(-c5ccccc5)c5ccccc5n4)CC3)c2)c(=O)n(-c2ccccc2)n1C. The molecule has 2 aromatic heterocycles. The number of piperazine rings is 1. The Morgan fingerprint density at radius 3 is 2.18 bits per heavy atom. The Labute approximate surface area is 294 Å². The number of nitrogens with zero attached hydrogens (tertiary/aromatic N) is 7. The second-order valence-corrected chi connectivity index (χ2v) is 14.4. The molecule has 1 amide bonds. The van der Waals surface area contributed by atoms with E-state index in [0.717, 1.165) is 26.5 Å². The van der Waals surface area contributed by atoms with Crippen LogP contribution in [-0.4, -0.2) is 71.8 Å². The Balaban J connectivity index is 1.13. The molecule has 3 heterocycles. The van der Waals surface area contributed by atoms with Gasteiger partial charge in [0.1, 0.15) is 5.69 Å². The van der Waals surface area contributed by atoms with Crippen LogP contribution in [0.2, 0.25) is 5.02 Å². The summed E-state index contributed by atoms with van der Waals surface area (Å²) in [5, 5.41) is 1.09. The van der Waals surface area contributed by atoms with Crippen molar-refractivity contribution in [2.45, 2.75) is 11.8 Å². The van der Waals surface area contributed by atoms with E-state index in [9.17, 15) is 18.0 Å². The summed E-state index contributed by atoms with van der Waals surface area (Å²) in [4.78, 5) is 40.8. The molecule has 13 heteroatoms. The van der Waals surface area contributed by atoms with Gasteiger partial charge in [0.2, 0.25) is 5.95 Å². The second-order valence-electron chi connectivity index (χ2n) is 12.1. The van der Waals surface area contributed by atoms with Gasteiger partial charge in [0, 0.05) is 51.2 Å². The molecule has 0 spiro atoms. The van der Waals surface area contributed by atoms with E-state index in [1.165, 1.54) is 29.9 Å². The Morgan fingerprint density at radius 2 is 1.48 bits per heavy atom. The fourth-order valence-corrected chi connectivity index (χ4v) is 7.80. The van der Waals surface area contributed by atoms with E-state index in [4.69, 9.17) is 21.6 Å². The monoisotopic (exact) mass is 707 g/mol. The summed E-state index contributed by atoms with van der Waals surface area (Å²) in [6.45, 7) is 3.33. The minimum atomic E-state index is -4.26. The molecule has 1 aliphatic rings. The Morgan fingerprint density at radius 1 is 0.840 bits per heavy atom. The number of aromatic nitrogens is 4. The minimum Gasteiger partial charge on any atom is -0.337 e. The molecule has 0 aliphatic carbocycles. The first kappa shape index (κ1) is 33.1. The number of amides is 1. The van der Waals surface area contributed by atoms with Gasteiger partial charge >= 0.3 is 0 Å². The molecule has 50 heavy (non-hydrogen) atoms. The highest BCUT2D eigenvalue weighted by Crippen LogP contribution is 2.30. The summed E-state index contributed by atoms with van der Waals surface area (Å²) in [6, 6.07) is 30.9. The average Bonchev–Trinajstić information content (AvgIpc) is 3.37. The number of hydrogen-bond acceptors (Lipinski definition) is 7. The van der Waals surface area contributed by atoms with Crippen LogP contribution in [0.3, 0.4) is 0 Å². The third kappa shape index (κ3) is 5.80. The van der Waals surface area contributed by atoms with E-state index >= 15 is 0 Å². The van der Waals surface area contributed by atoms with Crippen LogP contribution >= 0.6 is 11.6 Å². The van der Waals surface area contributed by atoms with Crippen molar-refractivity contribution in [2.24, 2.45) is 7.05 Å². The van der Waals surface area contributed by atoms with Crippen molar-refractivity contribution in [2.75, 3.05) is 42.4 Å². The molecular weight excluding hydrogens is 674 g/mol. The normalized spacial score (nSPS) is 13.5. The number of carbonyl (C=O) groups is 1. The van der Waals surface area contributed by atoms with Gasteiger partial charge in [0.15, 0.2) is 0 Å². The van der Waals surface area contributed by atoms with Crippen molar-refractivity contribution in [1.29, 1.82) is 0 Å². The van der Waals surface area contributed by atoms with Crippen LogP contribution in [0, 0.1) is 6.92 Å². The maximum absolute atomic E-state index is 14.0. The van der Waals surface area contributed by atoms with Crippen LogP contribution in [0.25, 0.3) is 27.8 Å². The summed E-state index contributed by atoms with van der Waals surface area (Å²) < 4.78 is 31.9. The van der Waals surface area contributed by atoms with E-state index in [0.29, 0.717) is 43.5 Å². The molecule has 254 valence electrons. The van der Waals surface area contributed by atoms with Gasteiger partial charge in [0.25, 0.3) is 21.5 Å². The van der Waals surface area contributed by atoms with E-state index in [1.807, 2.05) is 65.6 Å². The zero-order chi connectivity index (χ0) is 35.2. The summed E-state index contributed by atoms with van der Waals surface area (Å²) in [6.07, 6.45) is 0. The maximum Gasteiger partial charge on any atom is 0.296 e. The zero-order valence-corrected chi connectivity index (χ0v) is 29.3. The molecule has 0 N–H and O–H groups in total. The highest BCUT2D eigenvalue weighted by atomic mass is 35.5. The van der Waals surface area contributed by atoms with Crippen LogP contribution in [0.5, 0.6) is 0 Å². The Hall–Kier alpha value is -5.46.